The van der Waals surface area contributed by atoms with Gasteiger partial charge in [-0.3, -0.25) is 4.79 Å². The highest BCUT2D eigenvalue weighted by molar-refractivity contribution is 5.94. The second kappa shape index (κ2) is 8.71. The van der Waals surface area contributed by atoms with Gasteiger partial charge in [0.2, 0.25) is 0 Å². The third-order valence-corrected chi connectivity index (χ3v) is 5.08. The van der Waals surface area contributed by atoms with Gasteiger partial charge in [-0.25, -0.2) is 4.79 Å². The molecule has 0 spiro atoms. The molecule has 0 radical (unpaired) electrons. The zero-order valence-electron chi connectivity index (χ0n) is 16.0. The van der Waals surface area contributed by atoms with Crippen LogP contribution in [0.3, 0.4) is 0 Å². The fraction of sp³-hybridized carbons (Fsp3) is 0.364. The number of carbonyl (C=O) groups is 2. The average Bonchev–Trinajstić information content (AvgIpc) is 2.71. The summed E-state index contributed by atoms with van der Waals surface area (Å²) in [6, 6.07) is 15.9. The van der Waals surface area contributed by atoms with Gasteiger partial charge >= 0.3 is 6.03 Å². The maximum atomic E-state index is 12.6. The van der Waals surface area contributed by atoms with Crippen LogP contribution in [0.2, 0.25) is 0 Å². The first kappa shape index (κ1) is 19.0. The summed E-state index contributed by atoms with van der Waals surface area (Å²) in [4.78, 5) is 26.3. The van der Waals surface area contributed by atoms with E-state index in [2.05, 4.69) is 22.8 Å². The Bertz CT molecular complexity index is 819. The number of nitrogens with zero attached hydrogens (tertiary/aromatic N) is 1. The first-order chi connectivity index (χ1) is 13.1. The smallest absolute Gasteiger partial charge is 0.317 e. The fourth-order valence-electron chi connectivity index (χ4n) is 3.63. The summed E-state index contributed by atoms with van der Waals surface area (Å²) in [7, 11) is 1.66. The van der Waals surface area contributed by atoms with Crippen molar-refractivity contribution >= 4 is 11.9 Å². The molecule has 1 aliphatic rings. The maximum Gasteiger partial charge on any atom is 0.317 e. The number of urea groups is 1. The van der Waals surface area contributed by atoms with Crippen molar-refractivity contribution in [2.45, 2.75) is 32.2 Å². The minimum absolute atomic E-state index is 0.0354. The van der Waals surface area contributed by atoms with Crippen molar-refractivity contribution in [2.75, 3.05) is 20.1 Å². The Kier molecular flexibility index (Phi) is 6.12. The van der Waals surface area contributed by atoms with E-state index in [0.29, 0.717) is 18.7 Å². The summed E-state index contributed by atoms with van der Waals surface area (Å²) >= 11 is 0. The van der Waals surface area contributed by atoms with Crippen molar-refractivity contribution in [3.8, 4) is 0 Å². The molecular weight excluding hydrogens is 338 g/mol. The summed E-state index contributed by atoms with van der Waals surface area (Å²) in [5.41, 5.74) is 4.05. The minimum Gasteiger partial charge on any atom is -0.348 e. The number of likely N-dealkylation sites (tertiary alicyclic amines) is 1. The minimum atomic E-state index is -0.0719. The van der Waals surface area contributed by atoms with Gasteiger partial charge in [0.25, 0.3) is 5.91 Å². The van der Waals surface area contributed by atoms with Crippen LogP contribution >= 0.6 is 0 Å². The van der Waals surface area contributed by atoms with Crippen molar-refractivity contribution in [3.05, 3.63) is 70.8 Å². The van der Waals surface area contributed by atoms with Crippen molar-refractivity contribution in [1.82, 2.24) is 15.5 Å². The predicted octanol–water partition coefficient (Wildman–Crippen LogP) is 3.44. The van der Waals surface area contributed by atoms with Gasteiger partial charge in [0.1, 0.15) is 0 Å². The number of hydrogen-bond donors (Lipinski definition) is 2. The molecule has 1 atom stereocenters. The number of amides is 3. The Morgan fingerprint density at radius 1 is 1.15 bits per heavy atom. The Morgan fingerprint density at radius 3 is 2.74 bits per heavy atom. The zero-order valence-corrected chi connectivity index (χ0v) is 16.0. The quantitative estimate of drug-likeness (QED) is 0.872. The molecule has 0 saturated carbocycles. The molecule has 2 N–H and O–H groups in total. The standard InChI is InChI=1S/C22H27N3O2/c1-16-6-3-7-17(12-16)14-24-21(26)19-9-4-8-18(13-19)20-10-5-11-25(15-20)22(27)23-2/h3-4,6-9,12-13,20H,5,10-11,14-15H2,1-2H3,(H,23,27)(H,24,26)/t20-/m1/s1. The lowest BCUT2D eigenvalue weighted by atomic mass is 9.89. The number of piperidine rings is 1. The number of hydrogen-bond acceptors (Lipinski definition) is 2. The molecule has 2 aromatic carbocycles. The van der Waals surface area contributed by atoms with Crippen LogP contribution in [0.15, 0.2) is 48.5 Å². The molecule has 1 saturated heterocycles. The highest BCUT2D eigenvalue weighted by Crippen LogP contribution is 2.27. The van der Waals surface area contributed by atoms with E-state index in [9.17, 15) is 9.59 Å². The number of benzene rings is 2. The number of nitrogens with one attached hydrogen (secondary N) is 2. The molecule has 0 aliphatic carbocycles. The summed E-state index contributed by atoms with van der Waals surface area (Å²) in [5.74, 6) is 0.192. The number of carbonyl (C=O) groups excluding carboxylic acids is 2. The van der Waals surface area contributed by atoms with Gasteiger partial charge in [-0.2, -0.15) is 0 Å². The van der Waals surface area contributed by atoms with Crippen LogP contribution in [-0.2, 0) is 6.54 Å². The SMILES string of the molecule is CNC(=O)N1CCC[C@@H](c2cccc(C(=O)NCc3cccc(C)c3)c2)C1. The molecule has 2 aromatic rings. The summed E-state index contributed by atoms with van der Waals surface area (Å²) in [6.07, 6.45) is 2.00. The van der Waals surface area contributed by atoms with E-state index in [1.807, 2.05) is 48.2 Å². The lowest BCUT2D eigenvalue weighted by molar-refractivity contribution is 0.0950. The van der Waals surface area contributed by atoms with Crippen LogP contribution in [0.25, 0.3) is 0 Å². The molecule has 0 aromatic heterocycles. The van der Waals surface area contributed by atoms with Crippen molar-refractivity contribution in [3.63, 3.8) is 0 Å². The van der Waals surface area contributed by atoms with Crippen LogP contribution in [-0.4, -0.2) is 37.0 Å². The van der Waals surface area contributed by atoms with E-state index in [4.69, 9.17) is 0 Å². The number of aryl methyl sites for hydroxylation is 1. The van der Waals surface area contributed by atoms with Crippen molar-refractivity contribution < 1.29 is 9.59 Å². The maximum absolute atomic E-state index is 12.6. The second-order valence-electron chi connectivity index (χ2n) is 7.14. The van der Waals surface area contributed by atoms with Crippen LogP contribution in [0.1, 0.15) is 45.8 Å². The van der Waals surface area contributed by atoms with Crippen molar-refractivity contribution in [1.29, 1.82) is 0 Å². The highest BCUT2D eigenvalue weighted by atomic mass is 16.2. The van der Waals surface area contributed by atoms with Crippen LogP contribution in [0, 0.1) is 6.92 Å². The normalized spacial score (nSPS) is 16.7. The lowest BCUT2D eigenvalue weighted by Gasteiger charge is -2.32. The van der Waals surface area contributed by atoms with Gasteiger partial charge in [-0.1, -0.05) is 42.0 Å². The molecular formula is C22H27N3O2. The van der Waals surface area contributed by atoms with E-state index < -0.39 is 0 Å². The molecule has 0 bridgehead atoms. The Morgan fingerprint density at radius 2 is 1.96 bits per heavy atom. The van der Waals surface area contributed by atoms with Gasteiger partial charge < -0.3 is 15.5 Å². The monoisotopic (exact) mass is 365 g/mol. The molecule has 5 heteroatoms. The first-order valence-electron chi connectivity index (χ1n) is 9.47. The van der Waals surface area contributed by atoms with E-state index in [-0.39, 0.29) is 17.9 Å². The average molecular weight is 365 g/mol. The van der Waals surface area contributed by atoms with Gasteiger partial charge in [0.05, 0.1) is 0 Å². The van der Waals surface area contributed by atoms with Gasteiger partial charge in [0.15, 0.2) is 0 Å². The molecule has 1 fully saturated rings. The highest BCUT2D eigenvalue weighted by Gasteiger charge is 2.24. The van der Waals surface area contributed by atoms with Crippen LogP contribution in [0.4, 0.5) is 4.79 Å². The van der Waals surface area contributed by atoms with Gasteiger partial charge in [0, 0.05) is 38.2 Å². The topological polar surface area (TPSA) is 61.4 Å². The van der Waals surface area contributed by atoms with Gasteiger partial charge in [-0.15, -0.1) is 0 Å². The van der Waals surface area contributed by atoms with Gasteiger partial charge in [-0.05, 0) is 43.0 Å². The third-order valence-electron chi connectivity index (χ3n) is 5.08. The summed E-state index contributed by atoms with van der Waals surface area (Å²) in [6.45, 7) is 4.03. The second-order valence-corrected chi connectivity index (χ2v) is 7.14. The summed E-state index contributed by atoms with van der Waals surface area (Å²) in [5, 5.41) is 5.69. The molecule has 3 amide bonds. The third kappa shape index (κ3) is 4.88. The van der Waals surface area contributed by atoms with E-state index in [0.717, 1.165) is 30.5 Å². The Labute approximate surface area is 160 Å². The zero-order chi connectivity index (χ0) is 19.2. The molecule has 5 nitrogen and oxygen atoms in total. The summed E-state index contributed by atoms with van der Waals surface area (Å²) < 4.78 is 0. The molecule has 27 heavy (non-hydrogen) atoms. The lowest BCUT2D eigenvalue weighted by Crippen LogP contribution is -2.43. The first-order valence-corrected chi connectivity index (χ1v) is 9.47. The molecule has 1 aliphatic heterocycles. The largest absolute Gasteiger partial charge is 0.348 e. The molecule has 1 heterocycles. The van der Waals surface area contributed by atoms with E-state index in [1.165, 1.54) is 5.56 Å². The van der Waals surface area contributed by atoms with Crippen LogP contribution in [0.5, 0.6) is 0 Å². The molecule has 3 rings (SSSR count). The Hall–Kier alpha value is -2.82. The van der Waals surface area contributed by atoms with E-state index >= 15 is 0 Å². The molecule has 0 unspecified atom stereocenters. The number of rotatable bonds is 4. The molecule has 142 valence electrons. The van der Waals surface area contributed by atoms with Crippen molar-refractivity contribution in [2.24, 2.45) is 0 Å². The van der Waals surface area contributed by atoms with E-state index in [1.54, 1.807) is 7.05 Å². The predicted molar refractivity (Wildman–Crippen MR) is 107 cm³/mol. The Balaban J connectivity index is 1.65. The van der Waals surface area contributed by atoms with Crippen LogP contribution < -0.4 is 10.6 Å². The fourth-order valence-corrected chi connectivity index (χ4v) is 3.63.